The van der Waals surface area contributed by atoms with E-state index in [2.05, 4.69) is 15.9 Å². The Bertz CT molecular complexity index is 870. The molecule has 0 radical (unpaired) electrons. The zero-order chi connectivity index (χ0) is 14.8. The summed E-state index contributed by atoms with van der Waals surface area (Å²) < 4.78 is 20.0. The van der Waals surface area contributed by atoms with Crippen molar-refractivity contribution in [1.82, 2.24) is 0 Å². The van der Waals surface area contributed by atoms with Crippen molar-refractivity contribution >= 4 is 26.7 Å². The third-order valence-electron chi connectivity index (χ3n) is 3.01. The fourth-order valence-corrected chi connectivity index (χ4v) is 2.46. The van der Waals surface area contributed by atoms with E-state index in [-0.39, 0.29) is 5.56 Å². The van der Waals surface area contributed by atoms with Crippen molar-refractivity contribution < 1.29 is 9.13 Å². The average Bonchev–Trinajstić information content (AvgIpc) is 2.47. The van der Waals surface area contributed by atoms with Gasteiger partial charge in [0.2, 0.25) is 0 Å². The molecule has 0 saturated carbocycles. The maximum Gasteiger partial charge on any atom is 0.131 e. The van der Waals surface area contributed by atoms with Crippen LogP contribution in [0.4, 0.5) is 4.39 Å². The van der Waals surface area contributed by atoms with E-state index in [4.69, 9.17) is 10.00 Å². The standard InChI is InChI=1S/C17H9BrFNO/c18-14-3-1-13-8-16(4-2-12(13)7-14)21-17-6-11(10-20)5-15(19)9-17/h1-9H. The Morgan fingerprint density at radius 1 is 0.905 bits per heavy atom. The molecule has 0 atom stereocenters. The van der Waals surface area contributed by atoms with Gasteiger partial charge in [0.05, 0.1) is 11.6 Å². The molecule has 0 aliphatic carbocycles. The van der Waals surface area contributed by atoms with E-state index in [0.29, 0.717) is 11.5 Å². The predicted molar refractivity (Wildman–Crippen MR) is 82.8 cm³/mol. The molecule has 3 rings (SSSR count). The van der Waals surface area contributed by atoms with Crippen LogP contribution in [0.25, 0.3) is 10.8 Å². The van der Waals surface area contributed by atoms with Crippen LogP contribution in [-0.2, 0) is 0 Å². The highest BCUT2D eigenvalue weighted by atomic mass is 79.9. The summed E-state index contributed by atoms with van der Waals surface area (Å²) in [6.45, 7) is 0. The lowest BCUT2D eigenvalue weighted by atomic mass is 10.1. The largest absolute Gasteiger partial charge is 0.457 e. The van der Waals surface area contributed by atoms with Crippen molar-refractivity contribution in [3.05, 3.63) is 70.5 Å². The number of rotatable bonds is 2. The van der Waals surface area contributed by atoms with Gasteiger partial charge in [-0.1, -0.05) is 28.1 Å². The molecule has 0 saturated heterocycles. The van der Waals surface area contributed by atoms with E-state index in [0.717, 1.165) is 15.2 Å². The van der Waals surface area contributed by atoms with E-state index in [1.165, 1.54) is 18.2 Å². The summed E-state index contributed by atoms with van der Waals surface area (Å²) in [6, 6.07) is 17.4. The quantitative estimate of drug-likeness (QED) is 0.624. The van der Waals surface area contributed by atoms with E-state index < -0.39 is 5.82 Å². The Balaban J connectivity index is 1.96. The first-order valence-electron chi connectivity index (χ1n) is 6.22. The summed E-state index contributed by atoms with van der Waals surface area (Å²) >= 11 is 3.43. The summed E-state index contributed by atoms with van der Waals surface area (Å²) in [5.41, 5.74) is 0.231. The molecule has 0 bridgehead atoms. The fraction of sp³-hybridized carbons (Fsp3) is 0. The van der Waals surface area contributed by atoms with Crippen LogP contribution in [0.2, 0.25) is 0 Å². The molecule has 4 heteroatoms. The maximum atomic E-state index is 13.4. The number of benzene rings is 3. The van der Waals surface area contributed by atoms with E-state index in [1.54, 1.807) is 0 Å². The van der Waals surface area contributed by atoms with Crippen LogP contribution in [0.1, 0.15) is 5.56 Å². The van der Waals surface area contributed by atoms with Gasteiger partial charge in [0, 0.05) is 10.5 Å². The van der Waals surface area contributed by atoms with Gasteiger partial charge in [0.1, 0.15) is 17.3 Å². The van der Waals surface area contributed by atoms with Crippen LogP contribution in [0.15, 0.2) is 59.1 Å². The molecule has 3 aromatic carbocycles. The monoisotopic (exact) mass is 341 g/mol. The van der Waals surface area contributed by atoms with E-state index in [9.17, 15) is 4.39 Å². The Labute approximate surface area is 129 Å². The van der Waals surface area contributed by atoms with E-state index in [1.807, 2.05) is 42.5 Å². The van der Waals surface area contributed by atoms with Crippen LogP contribution in [0, 0.1) is 17.1 Å². The smallest absolute Gasteiger partial charge is 0.131 e. The Morgan fingerprint density at radius 3 is 2.48 bits per heavy atom. The third kappa shape index (κ3) is 3.04. The summed E-state index contributed by atoms with van der Waals surface area (Å²) in [5, 5.41) is 10.9. The molecular weight excluding hydrogens is 333 g/mol. The minimum absolute atomic E-state index is 0.231. The highest BCUT2D eigenvalue weighted by molar-refractivity contribution is 9.10. The molecule has 0 aromatic heterocycles. The highest BCUT2D eigenvalue weighted by Crippen LogP contribution is 2.28. The number of fused-ring (bicyclic) bond motifs is 1. The van der Waals surface area contributed by atoms with Gasteiger partial charge in [-0.3, -0.25) is 0 Å². The van der Waals surface area contributed by atoms with Crippen LogP contribution in [0.5, 0.6) is 11.5 Å². The fourth-order valence-electron chi connectivity index (χ4n) is 2.08. The Kier molecular flexibility index (Phi) is 3.59. The topological polar surface area (TPSA) is 33.0 Å². The van der Waals surface area contributed by atoms with Crippen LogP contribution >= 0.6 is 15.9 Å². The number of nitrogens with zero attached hydrogens (tertiary/aromatic N) is 1. The average molecular weight is 342 g/mol. The van der Waals surface area contributed by atoms with Crippen LogP contribution in [0.3, 0.4) is 0 Å². The molecule has 21 heavy (non-hydrogen) atoms. The Morgan fingerprint density at radius 2 is 1.67 bits per heavy atom. The summed E-state index contributed by atoms with van der Waals surface area (Å²) in [5.74, 6) is 0.413. The zero-order valence-electron chi connectivity index (χ0n) is 10.8. The number of hydrogen-bond donors (Lipinski definition) is 0. The molecular formula is C17H9BrFNO. The molecule has 2 nitrogen and oxygen atoms in total. The molecule has 0 heterocycles. The summed E-state index contributed by atoms with van der Waals surface area (Å²) in [6.07, 6.45) is 0. The molecule has 0 aliphatic rings. The molecule has 0 N–H and O–H groups in total. The number of ether oxygens (including phenoxy) is 1. The minimum atomic E-state index is -0.492. The minimum Gasteiger partial charge on any atom is -0.457 e. The van der Waals surface area contributed by atoms with Crippen molar-refractivity contribution in [2.75, 3.05) is 0 Å². The normalized spacial score (nSPS) is 10.3. The second-order valence-corrected chi connectivity index (χ2v) is 5.46. The second kappa shape index (κ2) is 5.55. The first-order valence-corrected chi connectivity index (χ1v) is 7.01. The molecule has 0 unspecified atom stereocenters. The lowest BCUT2D eigenvalue weighted by Crippen LogP contribution is -1.87. The van der Waals surface area contributed by atoms with E-state index >= 15 is 0 Å². The predicted octanol–water partition coefficient (Wildman–Crippen LogP) is 5.41. The molecule has 102 valence electrons. The van der Waals surface area contributed by atoms with Gasteiger partial charge in [-0.2, -0.15) is 5.26 Å². The third-order valence-corrected chi connectivity index (χ3v) is 3.50. The summed E-state index contributed by atoms with van der Waals surface area (Å²) in [4.78, 5) is 0. The number of hydrogen-bond acceptors (Lipinski definition) is 2. The number of halogens is 2. The molecule has 0 spiro atoms. The van der Waals surface area contributed by atoms with Crippen molar-refractivity contribution in [3.63, 3.8) is 0 Å². The second-order valence-electron chi connectivity index (χ2n) is 4.54. The first-order chi connectivity index (χ1) is 10.1. The highest BCUT2D eigenvalue weighted by Gasteiger charge is 2.04. The van der Waals surface area contributed by atoms with Crippen molar-refractivity contribution in [3.8, 4) is 17.6 Å². The Hall–Kier alpha value is -2.38. The van der Waals surface area contributed by atoms with Gasteiger partial charge in [-0.15, -0.1) is 0 Å². The molecule has 0 amide bonds. The van der Waals surface area contributed by atoms with Crippen molar-refractivity contribution in [2.45, 2.75) is 0 Å². The maximum absolute atomic E-state index is 13.4. The van der Waals surface area contributed by atoms with Crippen LogP contribution < -0.4 is 4.74 Å². The van der Waals surface area contributed by atoms with Crippen LogP contribution in [-0.4, -0.2) is 0 Å². The van der Waals surface area contributed by atoms with Gasteiger partial charge >= 0.3 is 0 Å². The zero-order valence-corrected chi connectivity index (χ0v) is 12.4. The van der Waals surface area contributed by atoms with Crippen molar-refractivity contribution in [2.24, 2.45) is 0 Å². The first kappa shape index (κ1) is 13.6. The van der Waals surface area contributed by atoms with Gasteiger partial charge in [-0.05, 0) is 47.2 Å². The van der Waals surface area contributed by atoms with Crippen molar-refractivity contribution in [1.29, 1.82) is 5.26 Å². The lowest BCUT2D eigenvalue weighted by molar-refractivity contribution is 0.477. The lowest BCUT2D eigenvalue weighted by Gasteiger charge is -2.08. The van der Waals surface area contributed by atoms with Gasteiger partial charge in [0.15, 0.2) is 0 Å². The summed E-state index contributed by atoms with van der Waals surface area (Å²) in [7, 11) is 0. The van der Waals surface area contributed by atoms with Gasteiger partial charge in [0.25, 0.3) is 0 Å². The molecule has 0 fully saturated rings. The molecule has 0 aliphatic heterocycles. The van der Waals surface area contributed by atoms with Gasteiger partial charge in [-0.25, -0.2) is 4.39 Å². The SMILES string of the molecule is N#Cc1cc(F)cc(Oc2ccc3cc(Br)ccc3c2)c1. The number of nitriles is 1. The molecule has 3 aromatic rings. The van der Waals surface area contributed by atoms with Gasteiger partial charge < -0.3 is 4.74 Å².